The molecule has 3 atom stereocenters. The van der Waals surface area contributed by atoms with Crippen molar-refractivity contribution in [2.75, 3.05) is 0 Å². The predicted octanol–water partition coefficient (Wildman–Crippen LogP) is 3.93. The standard InChI is InChI=1S/C19H24N2O.ClH/c1-13-9-11-16(12-10-13)15(3)21-19(22)14(2)18(20)17-7-5-4-6-8-17;/h4-12,14-15,18H,20H2,1-3H3,(H,21,22);1H. The van der Waals surface area contributed by atoms with Crippen molar-refractivity contribution in [3.63, 3.8) is 0 Å². The van der Waals surface area contributed by atoms with E-state index in [1.54, 1.807) is 0 Å². The van der Waals surface area contributed by atoms with Gasteiger partial charge in [0.25, 0.3) is 0 Å². The summed E-state index contributed by atoms with van der Waals surface area (Å²) in [6.07, 6.45) is 0. The van der Waals surface area contributed by atoms with Crippen LogP contribution in [-0.4, -0.2) is 5.91 Å². The molecule has 1 amide bonds. The molecule has 23 heavy (non-hydrogen) atoms. The second kappa shape index (κ2) is 8.70. The van der Waals surface area contributed by atoms with E-state index in [1.165, 1.54) is 5.56 Å². The molecule has 0 heterocycles. The zero-order valence-corrected chi connectivity index (χ0v) is 14.6. The number of benzene rings is 2. The average Bonchev–Trinajstić information content (AvgIpc) is 2.54. The highest BCUT2D eigenvalue weighted by atomic mass is 35.5. The lowest BCUT2D eigenvalue weighted by Gasteiger charge is -2.22. The van der Waals surface area contributed by atoms with E-state index >= 15 is 0 Å². The van der Waals surface area contributed by atoms with E-state index in [-0.39, 0.29) is 36.3 Å². The molecule has 124 valence electrons. The fourth-order valence-electron chi connectivity index (χ4n) is 2.41. The van der Waals surface area contributed by atoms with Crippen molar-refractivity contribution in [1.82, 2.24) is 5.32 Å². The van der Waals surface area contributed by atoms with Gasteiger partial charge in [0.1, 0.15) is 0 Å². The van der Waals surface area contributed by atoms with Gasteiger partial charge in [0, 0.05) is 6.04 Å². The number of aryl methyl sites for hydroxylation is 1. The topological polar surface area (TPSA) is 55.1 Å². The maximum absolute atomic E-state index is 12.4. The van der Waals surface area contributed by atoms with Crippen LogP contribution in [0.2, 0.25) is 0 Å². The van der Waals surface area contributed by atoms with E-state index in [9.17, 15) is 4.79 Å². The smallest absolute Gasteiger partial charge is 0.225 e. The molecule has 0 saturated carbocycles. The number of carbonyl (C=O) groups excluding carboxylic acids is 1. The Hall–Kier alpha value is -1.84. The minimum absolute atomic E-state index is 0. The third kappa shape index (κ3) is 5.08. The normalized spacial score (nSPS) is 14.3. The minimum atomic E-state index is -0.300. The van der Waals surface area contributed by atoms with Crippen LogP contribution < -0.4 is 11.1 Å². The number of halogens is 1. The summed E-state index contributed by atoms with van der Waals surface area (Å²) in [6.45, 7) is 5.91. The first-order chi connectivity index (χ1) is 10.5. The average molecular weight is 333 g/mol. The van der Waals surface area contributed by atoms with Crippen molar-refractivity contribution in [3.8, 4) is 0 Å². The SMILES string of the molecule is Cc1ccc(C(C)NC(=O)C(C)C(N)c2ccccc2)cc1.Cl. The molecule has 0 aliphatic heterocycles. The number of hydrogen-bond acceptors (Lipinski definition) is 2. The summed E-state index contributed by atoms with van der Waals surface area (Å²) in [5.41, 5.74) is 9.50. The van der Waals surface area contributed by atoms with Crippen LogP contribution in [0.3, 0.4) is 0 Å². The fourth-order valence-corrected chi connectivity index (χ4v) is 2.41. The van der Waals surface area contributed by atoms with Crippen LogP contribution in [0.4, 0.5) is 0 Å². The first-order valence-electron chi connectivity index (χ1n) is 7.66. The van der Waals surface area contributed by atoms with Gasteiger partial charge in [0.15, 0.2) is 0 Å². The van der Waals surface area contributed by atoms with E-state index in [0.29, 0.717) is 0 Å². The summed E-state index contributed by atoms with van der Waals surface area (Å²) in [5.74, 6) is -0.306. The third-order valence-corrected chi connectivity index (χ3v) is 4.07. The van der Waals surface area contributed by atoms with Crippen molar-refractivity contribution in [3.05, 3.63) is 71.3 Å². The second-order valence-corrected chi connectivity index (χ2v) is 5.87. The van der Waals surface area contributed by atoms with Crippen LogP contribution in [-0.2, 0) is 4.79 Å². The Labute approximate surface area is 144 Å². The summed E-state index contributed by atoms with van der Waals surface area (Å²) in [6, 6.07) is 17.6. The molecule has 3 N–H and O–H groups in total. The van der Waals surface area contributed by atoms with E-state index in [0.717, 1.165) is 11.1 Å². The molecule has 3 unspecified atom stereocenters. The Bertz CT molecular complexity index is 613. The van der Waals surface area contributed by atoms with Crippen molar-refractivity contribution in [1.29, 1.82) is 0 Å². The van der Waals surface area contributed by atoms with E-state index < -0.39 is 0 Å². The number of rotatable bonds is 5. The zero-order valence-electron chi connectivity index (χ0n) is 13.8. The lowest BCUT2D eigenvalue weighted by Crippen LogP contribution is -2.36. The van der Waals surface area contributed by atoms with Gasteiger partial charge in [-0.3, -0.25) is 4.79 Å². The van der Waals surface area contributed by atoms with Crippen LogP contribution in [0.15, 0.2) is 54.6 Å². The highest BCUT2D eigenvalue weighted by Gasteiger charge is 2.23. The first kappa shape index (κ1) is 19.2. The van der Waals surface area contributed by atoms with E-state index in [1.807, 2.05) is 63.2 Å². The Balaban J connectivity index is 0.00000264. The largest absolute Gasteiger partial charge is 0.349 e. The third-order valence-electron chi connectivity index (χ3n) is 4.07. The quantitative estimate of drug-likeness (QED) is 0.871. The van der Waals surface area contributed by atoms with Crippen LogP contribution >= 0.6 is 12.4 Å². The van der Waals surface area contributed by atoms with Gasteiger partial charge in [0.05, 0.1) is 12.0 Å². The molecule has 0 bridgehead atoms. The molecule has 0 fully saturated rings. The maximum Gasteiger partial charge on any atom is 0.225 e. The summed E-state index contributed by atoms with van der Waals surface area (Å²) in [5, 5.41) is 3.05. The first-order valence-corrected chi connectivity index (χ1v) is 7.66. The van der Waals surface area contributed by atoms with Crippen molar-refractivity contribution in [2.24, 2.45) is 11.7 Å². The Morgan fingerprint density at radius 2 is 1.52 bits per heavy atom. The summed E-state index contributed by atoms with van der Waals surface area (Å²) in [4.78, 5) is 12.4. The van der Waals surface area contributed by atoms with Crippen LogP contribution in [0.1, 0.15) is 42.6 Å². The molecule has 0 radical (unpaired) electrons. The molecule has 2 aromatic carbocycles. The Morgan fingerprint density at radius 3 is 2.09 bits per heavy atom. The van der Waals surface area contributed by atoms with Crippen LogP contribution in [0, 0.1) is 12.8 Å². The molecule has 4 heteroatoms. The van der Waals surface area contributed by atoms with E-state index in [4.69, 9.17) is 5.73 Å². The number of nitrogens with two attached hydrogens (primary N) is 1. The molecule has 0 spiro atoms. The van der Waals surface area contributed by atoms with Gasteiger partial charge < -0.3 is 11.1 Å². The van der Waals surface area contributed by atoms with Gasteiger partial charge in [-0.25, -0.2) is 0 Å². The molecule has 0 aromatic heterocycles. The van der Waals surface area contributed by atoms with Crippen molar-refractivity contribution < 1.29 is 4.79 Å². The molecular weight excluding hydrogens is 308 g/mol. The minimum Gasteiger partial charge on any atom is -0.349 e. The van der Waals surface area contributed by atoms with Gasteiger partial charge in [-0.2, -0.15) is 0 Å². The lowest BCUT2D eigenvalue weighted by molar-refractivity contribution is -0.125. The summed E-state index contributed by atoms with van der Waals surface area (Å²) in [7, 11) is 0. The van der Waals surface area contributed by atoms with Crippen LogP contribution in [0.5, 0.6) is 0 Å². The molecule has 3 nitrogen and oxygen atoms in total. The maximum atomic E-state index is 12.4. The summed E-state index contributed by atoms with van der Waals surface area (Å²) >= 11 is 0. The number of amides is 1. The van der Waals surface area contributed by atoms with Gasteiger partial charge in [-0.05, 0) is 25.0 Å². The second-order valence-electron chi connectivity index (χ2n) is 5.87. The van der Waals surface area contributed by atoms with Gasteiger partial charge >= 0.3 is 0 Å². The van der Waals surface area contributed by atoms with Gasteiger partial charge in [-0.1, -0.05) is 67.1 Å². The summed E-state index contributed by atoms with van der Waals surface area (Å²) < 4.78 is 0. The highest BCUT2D eigenvalue weighted by molar-refractivity contribution is 5.85. The number of carbonyl (C=O) groups is 1. The Morgan fingerprint density at radius 1 is 0.957 bits per heavy atom. The zero-order chi connectivity index (χ0) is 16.1. The van der Waals surface area contributed by atoms with E-state index in [2.05, 4.69) is 17.4 Å². The fraction of sp³-hybridized carbons (Fsp3) is 0.316. The Kier molecular flexibility index (Phi) is 7.27. The number of nitrogens with one attached hydrogen (secondary N) is 1. The molecule has 2 aromatic rings. The lowest BCUT2D eigenvalue weighted by atomic mass is 9.94. The molecular formula is C19H25ClN2O. The molecule has 0 saturated heterocycles. The molecule has 0 aliphatic carbocycles. The van der Waals surface area contributed by atoms with Crippen molar-refractivity contribution >= 4 is 18.3 Å². The monoisotopic (exact) mass is 332 g/mol. The van der Waals surface area contributed by atoms with Gasteiger partial charge in [-0.15, -0.1) is 12.4 Å². The highest BCUT2D eigenvalue weighted by Crippen LogP contribution is 2.21. The predicted molar refractivity (Wildman–Crippen MR) is 97.5 cm³/mol. The van der Waals surface area contributed by atoms with Gasteiger partial charge in [0.2, 0.25) is 5.91 Å². The molecule has 0 aliphatic rings. The van der Waals surface area contributed by atoms with Crippen molar-refractivity contribution in [2.45, 2.75) is 32.9 Å². The molecule has 2 rings (SSSR count). The van der Waals surface area contributed by atoms with Crippen LogP contribution in [0.25, 0.3) is 0 Å². The number of hydrogen-bond donors (Lipinski definition) is 2.